The van der Waals surface area contributed by atoms with Crippen LogP contribution in [-0.4, -0.2) is 13.1 Å². The normalized spacial score (nSPS) is 18.7. The second kappa shape index (κ2) is 5.34. The fourth-order valence-electron chi connectivity index (χ4n) is 1.48. The third-order valence-electron chi connectivity index (χ3n) is 2.21. The zero-order chi connectivity index (χ0) is 10.4. The van der Waals surface area contributed by atoms with Crippen LogP contribution >= 0.6 is 22.6 Å². The van der Waals surface area contributed by atoms with E-state index in [1.807, 2.05) is 34.5 Å². The number of rotatable bonds is 3. The van der Waals surface area contributed by atoms with Gasteiger partial charge in [-0.2, -0.15) is 0 Å². The Morgan fingerprint density at radius 3 is 2.71 bits per heavy atom. The maximum atomic E-state index is 11.6. The van der Waals surface area contributed by atoms with Gasteiger partial charge in [0.15, 0.2) is 0 Å². The molecule has 0 unspecified atom stereocenters. The van der Waals surface area contributed by atoms with Gasteiger partial charge in [0.2, 0.25) is 0 Å². The zero-order valence-corrected chi connectivity index (χ0v) is 10.2. The third kappa shape index (κ3) is 2.47. The molecule has 0 radical (unpaired) electrons. The first kappa shape index (κ1) is 11.5. The van der Waals surface area contributed by atoms with Gasteiger partial charge in [0.05, 0.1) is 7.11 Å². The first-order chi connectivity index (χ1) is 6.75. The van der Waals surface area contributed by atoms with Crippen molar-refractivity contribution in [3.05, 3.63) is 34.5 Å². The lowest BCUT2D eigenvalue weighted by Gasteiger charge is -2.24. The summed E-state index contributed by atoms with van der Waals surface area (Å²) in [4.78, 5) is 11.6. The Hall–Kier alpha value is -0.580. The third-order valence-corrected chi connectivity index (χ3v) is 2.72. The van der Waals surface area contributed by atoms with Crippen LogP contribution in [-0.2, 0) is 9.53 Å². The fraction of sp³-hybridized carbons (Fsp3) is 0.364. The van der Waals surface area contributed by atoms with Gasteiger partial charge in [0.1, 0.15) is 5.41 Å². The molecule has 3 heteroatoms. The molecule has 1 aliphatic carbocycles. The van der Waals surface area contributed by atoms with Crippen molar-refractivity contribution in [1.29, 1.82) is 0 Å². The van der Waals surface area contributed by atoms with E-state index < -0.39 is 5.41 Å². The first-order valence-electron chi connectivity index (χ1n) is 4.44. The molecular weight excluding hydrogens is 291 g/mol. The molecule has 1 rings (SSSR count). The van der Waals surface area contributed by atoms with E-state index in [4.69, 9.17) is 4.74 Å². The van der Waals surface area contributed by atoms with Crippen molar-refractivity contribution in [2.75, 3.05) is 7.11 Å². The number of halogens is 1. The average molecular weight is 304 g/mol. The highest BCUT2D eigenvalue weighted by molar-refractivity contribution is 14.1. The lowest BCUT2D eigenvalue weighted by Crippen LogP contribution is -2.28. The number of hydrogen-bond acceptors (Lipinski definition) is 2. The smallest absolute Gasteiger partial charge is 0.319 e. The Bertz CT molecular complexity index is 278. The summed E-state index contributed by atoms with van der Waals surface area (Å²) in [5, 5.41) is 0. The number of ether oxygens (including phenoxy) is 1. The van der Waals surface area contributed by atoms with Crippen molar-refractivity contribution in [2.24, 2.45) is 5.41 Å². The van der Waals surface area contributed by atoms with Gasteiger partial charge in [0.25, 0.3) is 0 Å². The van der Waals surface area contributed by atoms with E-state index in [-0.39, 0.29) is 5.97 Å². The molecule has 0 heterocycles. The highest BCUT2D eigenvalue weighted by Crippen LogP contribution is 2.31. The van der Waals surface area contributed by atoms with Crippen LogP contribution in [0.3, 0.4) is 0 Å². The largest absolute Gasteiger partial charge is 0.468 e. The van der Waals surface area contributed by atoms with Gasteiger partial charge in [-0.1, -0.05) is 53.0 Å². The van der Waals surface area contributed by atoms with Gasteiger partial charge in [-0.15, -0.1) is 0 Å². The maximum Gasteiger partial charge on any atom is 0.319 e. The molecule has 0 fully saturated rings. The minimum absolute atomic E-state index is 0.195. The van der Waals surface area contributed by atoms with Crippen molar-refractivity contribution in [1.82, 2.24) is 0 Å². The Balaban J connectivity index is 2.88. The van der Waals surface area contributed by atoms with Crippen molar-refractivity contribution in [2.45, 2.75) is 12.8 Å². The van der Waals surface area contributed by atoms with Crippen LogP contribution in [0.15, 0.2) is 34.5 Å². The minimum Gasteiger partial charge on any atom is -0.468 e. The quantitative estimate of drug-likeness (QED) is 0.455. The predicted molar refractivity (Wildman–Crippen MR) is 65.1 cm³/mol. The van der Waals surface area contributed by atoms with Crippen LogP contribution in [0.25, 0.3) is 0 Å². The molecular formula is C11H13IO2. The highest BCUT2D eigenvalue weighted by atomic mass is 127. The zero-order valence-electron chi connectivity index (χ0n) is 8.07. The summed E-state index contributed by atoms with van der Waals surface area (Å²) < 4.78 is 6.73. The summed E-state index contributed by atoms with van der Waals surface area (Å²) >= 11 is 2.14. The molecule has 0 saturated heterocycles. The van der Waals surface area contributed by atoms with Crippen molar-refractivity contribution < 1.29 is 9.53 Å². The summed E-state index contributed by atoms with van der Waals surface area (Å²) in [6, 6.07) is 0. The van der Waals surface area contributed by atoms with Crippen LogP contribution in [0.4, 0.5) is 0 Å². The van der Waals surface area contributed by atoms with E-state index in [1.165, 1.54) is 7.11 Å². The fourth-order valence-corrected chi connectivity index (χ4v) is 1.73. The Morgan fingerprint density at radius 2 is 2.21 bits per heavy atom. The van der Waals surface area contributed by atoms with Gasteiger partial charge in [-0.3, -0.25) is 4.79 Å². The van der Waals surface area contributed by atoms with Gasteiger partial charge in [-0.05, 0) is 16.9 Å². The summed E-state index contributed by atoms with van der Waals surface area (Å²) in [5.41, 5.74) is -0.575. The van der Waals surface area contributed by atoms with Gasteiger partial charge < -0.3 is 4.74 Å². The van der Waals surface area contributed by atoms with Crippen molar-refractivity contribution in [3.63, 3.8) is 0 Å². The minimum atomic E-state index is -0.575. The topological polar surface area (TPSA) is 26.3 Å². The Kier molecular flexibility index (Phi) is 4.38. The summed E-state index contributed by atoms with van der Waals surface area (Å²) in [5.74, 6) is -0.195. The SMILES string of the molecule is COC(=O)C1(C/C=C\I)C=CCC=C1. The van der Waals surface area contributed by atoms with Crippen molar-refractivity contribution in [3.8, 4) is 0 Å². The first-order valence-corrected chi connectivity index (χ1v) is 5.69. The summed E-state index contributed by atoms with van der Waals surface area (Å²) in [6.07, 6.45) is 11.4. The van der Waals surface area contributed by atoms with Gasteiger partial charge >= 0.3 is 5.97 Å². The number of allylic oxidation sites excluding steroid dienone is 3. The van der Waals surface area contributed by atoms with Crippen LogP contribution in [0.5, 0.6) is 0 Å². The van der Waals surface area contributed by atoms with Crippen molar-refractivity contribution >= 4 is 28.6 Å². The van der Waals surface area contributed by atoms with E-state index in [0.29, 0.717) is 6.42 Å². The maximum absolute atomic E-state index is 11.6. The second-order valence-electron chi connectivity index (χ2n) is 3.14. The van der Waals surface area contributed by atoms with Gasteiger partial charge in [0, 0.05) is 0 Å². The number of hydrogen-bond donors (Lipinski definition) is 0. The lowest BCUT2D eigenvalue weighted by molar-refractivity contribution is -0.147. The van der Waals surface area contributed by atoms with Crippen LogP contribution < -0.4 is 0 Å². The van der Waals surface area contributed by atoms with Crippen LogP contribution in [0, 0.1) is 5.41 Å². The van der Waals surface area contributed by atoms with E-state index in [9.17, 15) is 4.79 Å². The van der Waals surface area contributed by atoms with E-state index in [2.05, 4.69) is 22.6 Å². The molecule has 0 saturated carbocycles. The number of carbonyl (C=O) groups is 1. The molecule has 2 nitrogen and oxygen atoms in total. The monoisotopic (exact) mass is 304 g/mol. The van der Waals surface area contributed by atoms with Gasteiger partial charge in [-0.25, -0.2) is 0 Å². The molecule has 0 aromatic carbocycles. The Labute approximate surface area is 97.9 Å². The summed E-state index contributed by atoms with van der Waals surface area (Å²) in [6.45, 7) is 0. The average Bonchev–Trinajstić information content (AvgIpc) is 2.26. The van der Waals surface area contributed by atoms with Crippen LogP contribution in [0.1, 0.15) is 12.8 Å². The molecule has 0 amide bonds. The molecule has 0 bridgehead atoms. The molecule has 0 spiro atoms. The number of esters is 1. The molecule has 0 aromatic rings. The highest BCUT2D eigenvalue weighted by Gasteiger charge is 2.33. The lowest BCUT2D eigenvalue weighted by atomic mass is 9.81. The standard InChI is InChI=1S/C11H13IO2/c1-14-10(13)11(8-5-9-12)6-3-2-4-7-11/h3-7,9H,2,8H2,1H3/b9-5-. The molecule has 0 atom stereocenters. The predicted octanol–water partition coefficient (Wildman–Crippen LogP) is 3.00. The molecule has 76 valence electrons. The summed E-state index contributed by atoms with van der Waals surface area (Å²) in [7, 11) is 1.42. The van der Waals surface area contributed by atoms with E-state index >= 15 is 0 Å². The molecule has 0 N–H and O–H groups in total. The molecule has 1 aliphatic rings. The van der Waals surface area contributed by atoms with E-state index in [1.54, 1.807) is 0 Å². The number of carbonyl (C=O) groups excluding carboxylic acids is 1. The molecule has 0 aromatic heterocycles. The van der Waals surface area contributed by atoms with E-state index in [0.717, 1.165) is 6.42 Å². The van der Waals surface area contributed by atoms with Crippen LogP contribution in [0.2, 0.25) is 0 Å². The second-order valence-corrected chi connectivity index (χ2v) is 3.86. The molecule has 14 heavy (non-hydrogen) atoms. The Morgan fingerprint density at radius 1 is 1.57 bits per heavy atom. The number of methoxy groups -OCH3 is 1. The molecule has 0 aliphatic heterocycles.